The summed E-state index contributed by atoms with van der Waals surface area (Å²) in [5.41, 5.74) is 0.787. The largest absolute Gasteiger partial charge is 0.353 e. The van der Waals surface area contributed by atoms with Crippen molar-refractivity contribution in [2.45, 2.75) is 36.6 Å². The van der Waals surface area contributed by atoms with Crippen LogP contribution >= 0.6 is 0 Å². The van der Waals surface area contributed by atoms with E-state index in [0.29, 0.717) is 30.5 Å². The number of hydrogen-bond donors (Lipinski definition) is 4. The van der Waals surface area contributed by atoms with Gasteiger partial charge in [0.05, 0.1) is 33.1 Å². The number of rotatable bonds is 6. The van der Waals surface area contributed by atoms with Gasteiger partial charge in [-0.2, -0.15) is 0 Å². The lowest BCUT2D eigenvalue weighted by Crippen LogP contribution is -2.46. The van der Waals surface area contributed by atoms with Crippen molar-refractivity contribution in [3.05, 3.63) is 58.5 Å². The number of sulfonamides is 1. The van der Waals surface area contributed by atoms with Crippen molar-refractivity contribution < 1.29 is 18.0 Å². The summed E-state index contributed by atoms with van der Waals surface area (Å²) in [6, 6.07) is 10.9. The zero-order valence-corrected chi connectivity index (χ0v) is 19.2. The minimum atomic E-state index is -4.03. The fourth-order valence-electron chi connectivity index (χ4n) is 4.23. The van der Waals surface area contributed by atoms with Gasteiger partial charge < -0.3 is 20.2 Å². The SMILES string of the molecule is O=C(NC1CC1)C1CCCN(C(=O)c2ccccc2NS(=O)(=O)c2ccc3[nH]c(=O)[nH]c3c2)C1. The number of likely N-dealkylation sites (tertiary alicyclic amines) is 1. The predicted octanol–water partition coefficient (Wildman–Crippen LogP) is 1.79. The van der Waals surface area contributed by atoms with Crippen LogP contribution in [0.3, 0.4) is 0 Å². The van der Waals surface area contributed by atoms with E-state index in [1.165, 1.54) is 24.3 Å². The zero-order chi connectivity index (χ0) is 23.9. The molecule has 2 amide bonds. The van der Waals surface area contributed by atoms with Crippen molar-refractivity contribution >= 4 is 38.6 Å². The maximum Gasteiger partial charge on any atom is 0.323 e. The van der Waals surface area contributed by atoms with Crippen LogP contribution < -0.4 is 15.7 Å². The highest BCUT2D eigenvalue weighted by Gasteiger charge is 2.33. The third-order valence-electron chi connectivity index (χ3n) is 6.20. The summed E-state index contributed by atoms with van der Waals surface area (Å²) < 4.78 is 28.6. The Bertz CT molecular complexity index is 1420. The summed E-state index contributed by atoms with van der Waals surface area (Å²) >= 11 is 0. The second-order valence-electron chi connectivity index (χ2n) is 8.81. The highest BCUT2D eigenvalue weighted by molar-refractivity contribution is 7.92. The molecule has 1 unspecified atom stereocenters. The number of benzene rings is 2. The van der Waals surface area contributed by atoms with Crippen molar-refractivity contribution in [1.82, 2.24) is 20.2 Å². The Morgan fingerprint density at radius 1 is 1.00 bits per heavy atom. The van der Waals surface area contributed by atoms with Crippen LogP contribution in [-0.2, 0) is 14.8 Å². The van der Waals surface area contributed by atoms with Crippen molar-refractivity contribution in [2.24, 2.45) is 5.92 Å². The molecule has 4 N–H and O–H groups in total. The number of amides is 2. The first-order valence-electron chi connectivity index (χ1n) is 11.2. The first-order chi connectivity index (χ1) is 16.3. The Balaban J connectivity index is 1.36. The molecule has 0 radical (unpaired) electrons. The molecule has 2 aliphatic rings. The Kier molecular flexibility index (Phi) is 5.64. The van der Waals surface area contributed by atoms with Crippen molar-refractivity contribution in [3.8, 4) is 0 Å². The topological polar surface area (TPSA) is 144 Å². The second-order valence-corrected chi connectivity index (χ2v) is 10.5. The van der Waals surface area contributed by atoms with E-state index in [1.807, 2.05) is 0 Å². The number of anilines is 1. The average molecular weight is 484 g/mol. The number of nitrogens with one attached hydrogen (secondary N) is 4. The van der Waals surface area contributed by atoms with E-state index in [4.69, 9.17) is 0 Å². The summed E-state index contributed by atoms with van der Waals surface area (Å²) in [5, 5.41) is 3.00. The number of fused-ring (bicyclic) bond motifs is 1. The van der Waals surface area contributed by atoms with Gasteiger partial charge in [-0.1, -0.05) is 12.1 Å². The second kappa shape index (κ2) is 8.64. The maximum atomic E-state index is 13.3. The van der Waals surface area contributed by atoms with Crippen LogP contribution in [0.1, 0.15) is 36.0 Å². The lowest BCUT2D eigenvalue weighted by molar-refractivity contribution is -0.126. The minimum absolute atomic E-state index is 0.0211. The first kappa shape index (κ1) is 22.2. The van der Waals surface area contributed by atoms with Crippen molar-refractivity contribution in [1.29, 1.82) is 0 Å². The molecule has 1 aliphatic carbocycles. The number of nitrogens with zero attached hydrogens (tertiary/aromatic N) is 1. The number of carbonyl (C=O) groups is 2. The van der Waals surface area contributed by atoms with Gasteiger partial charge in [0.1, 0.15) is 0 Å². The Morgan fingerprint density at radius 3 is 2.56 bits per heavy atom. The van der Waals surface area contributed by atoms with E-state index in [9.17, 15) is 22.8 Å². The minimum Gasteiger partial charge on any atom is -0.353 e. The third kappa shape index (κ3) is 4.56. The molecule has 1 aromatic heterocycles. The van der Waals surface area contributed by atoms with Gasteiger partial charge >= 0.3 is 5.69 Å². The zero-order valence-electron chi connectivity index (χ0n) is 18.3. The number of aromatic nitrogens is 2. The molecule has 0 spiro atoms. The number of aromatic amines is 2. The lowest BCUT2D eigenvalue weighted by Gasteiger charge is -2.32. The molecule has 3 aromatic rings. The van der Waals surface area contributed by atoms with Gasteiger partial charge in [-0.3, -0.25) is 14.3 Å². The van der Waals surface area contributed by atoms with Gasteiger partial charge in [0.15, 0.2) is 0 Å². The number of piperidine rings is 1. The summed E-state index contributed by atoms with van der Waals surface area (Å²) in [6.45, 7) is 0.806. The molecule has 1 aliphatic heterocycles. The molecule has 10 nitrogen and oxygen atoms in total. The fourth-order valence-corrected chi connectivity index (χ4v) is 5.34. The summed E-state index contributed by atoms with van der Waals surface area (Å²) in [4.78, 5) is 44.0. The average Bonchev–Trinajstić information content (AvgIpc) is 3.55. The number of para-hydroxylation sites is 1. The third-order valence-corrected chi connectivity index (χ3v) is 7.57. The Labute approximate surface area is 195 Å². The van der Waals surface area contributed by atoms with Crippen LogP contribution in [0, 0.1) is 5.92 Å². The molecule has 2 heterocycles. The van der Waals surface area contributed by atoms with Crippen LogP contribution in [0.5, 0.6) is 0 Å². The molecule has 11 heteroatoms. The van der Waals surface area contributed by atoms with E-state index < -0.39 is 15.7 Å². The molecular weight excluding hydrogens is 458 g/mol. The maximum absolute atomic E-state index is 13.3. The molecule has 2 fully saturated rings. The van der Waals surface area contributed by atoms with Gasteiger partial charge in [0.25, 0.3) is 15.9 Å². The quantitative estimate of drug-likeness (QED) is 0.423. The van der Waals surface area contributed by atoms with Crippen LogP contribution in [0.15, 0.2) is 52.2 Å². The first-order valence-corrected chi connectivity index (χ1v) is 12.7. The van der Waals surface area contributed by atoms with E-state index in [1.54, 1.807) is 23.1 Å². The lowest BCUT2D eigenvalue weighted by atomic mass is 9.96. The Hall–Kier alpha value is -3.60. The standard InChI is InChI=1S/C23H25N5O5S/c29-21(24-15-7-8-15)14-4-3-11-28(13-14)22(30)17-5-1-2-6-18(17)27-34(32,33)16-9-10-19-20(12-16)26-23(31)25-19/h1-2,5-6,9-10,12,14-15,27H,3-4,7-8,11,13H2,(H,24,29)(H2,25,26,31). The van der Waals surface area contributed by atoms with Gasteiger partial charge in [-0.05, 0) is 56.0 Å². The van der Waals surface area contributed by atoms with Crippen molar-refractivity contribution in [3.63, 3.8) is 0 Å². The van der Waals surface area contributed by atoms with E-state index in [2.05, 4.69) is 20.0 Å². The number of hydrogen-bond acceptors (Lipinski definition) is 5. The summed E-state index contributed by atoms with van der Waals surface area (Å²) in [5.74, 6) is -0.614. The van der Waals surface area contributed by atoms with E-state index in [-0.39, 0.29) is 39.9 Å². The smallest absolute Gasteiger partial charge is 0.323 e. The van der Waals surface area contributed by atoms with Crippen LogP contribution in [0.4, 0.5) is 5.69 Å². The molecule has 1 saturated heterocycles. The number of H-pyrrole nitrogens is 2. The van der Waals surface area contributed by atoms with Gasteiger partial charge in [0, 0.05) is 19.1 Å². The molecule has 1 saturated carbocycles. The van der Waals surface area contributed by atoms with Crippen LogP contribution in [0.2, 0.25) is 0 Å². The highest BCUT2D eigenvalue weighted by Crippen LogP contribution is 2.26. The van der Waals surface area contributed by atoms with Crippen LogP contribution in [0.25, 0.3) is 11.0 Å². The van der Waals surface area contributed by atoms with Gasteiger partial charge in [-0.25, -0.2) is 13.2 Å². The van der Waals surface area contributed by atoms with E-state index in [0.717, 1.165) is 19.3 Å². The summed E-state index contributed by atoms with van der Waals surface area (Å²) in [6.07, 6.45) is 3.43. The highest BCUT2D eigenvalue weighted by atomic mass is 32.2. The Morgan fingerprint density at radius 2 is 1.76 bits per heavy atom. The molecule has 2 aromatic carbocycles. The molecule has 0 bridgehead atoms. The molecule has 178 valence electrons. The monoisotopic (exact) mass is 483 g/mol. The van der Waals surface area contributed by atoms with Gasteiger partial charge in [-0.15, -0.1) is 0 Å². The van der Waals surface area contributed by atoms with Crippen LogP contribution in [-0.4, -0.2) is 54.2 Å². The molecule has 1 atom stereocenters. The summed E-state index contributed by atoms with van der Waals surface area (Å²) in [7, 11) is -4.03. The molecular formula is C23H25N5O5S. The number of carbonyl (C=O) groups excluding carboxylic acids is 2. The molecule has 34 heavy (non-hydrogen) atoms. The normalized spacial score (nSPS) is 18.6. The molecule has 5 rings (SSSR count). The van der Waals surface area contributed by atoms with Crippen molar-refractivity contribution in [2.75, 3.05) is 17.8 Å². The fraction of sp³-hybridized carbons (Fsp3) is 0.348. The predicted molar refractivity (Wildman–Crippen MR) is 126 cm³/mol. The van der Waals surface area contributed by atoms with E-state index >= 15 is 0 Å². The van der Waals surface area contributed by atoms with Gasteiger partial charge in [0.2, 0.25) is 5.91 Å². The number of imidazole rings is 1.